The Morgan fingerprint density at radius 2 is 1.29 bits per heavy atom. The molecule has 3 heteroatoms. The van der Waals surface area contributed by atoms with Crippen LogP contribution in [0.3, 0.4) is 0 Å². The minimum atomic E-state index is 0. The van der Waals surface area contributed by atoms with E-state index in [4.69, 9.17) is 0 Å². The van der Waals surface area contributed by atoms with Crippen LogP contribution in [0, 0.1) is 24.5 Å². The molecule has 7 rings (SSSR count). The largest absolute Gasteiger partial charge is 0.305 e. The Morgan fingerprint density at radius 3 is 1.91 bits per heavy atom. The van der Waals surface area contributed by atoms with E-state index < -0.39 is 0 Å². The second kappa shape index (κ2) is 14.1. The van der Waals surface area contributed by atoms with Crippen molar-refractivity contribution in [3.05, 3.63) is 157 Å². The Bertz CT molecular complexity index is 1990. The molecular weight excluding hydrogens is 725 g/mol. The van der Waals surface area contributed by atoms with E-state index in [0.717, 1.165) is 28.9 Å². The zero-order chi connectivity index (χ0) is 30.5. The summed E-state index contributed by atoms with van der Waals surface area (Å²) in [4.78, 5) is 8.94. The average Bonchev–Trinajstić information content (AvgIpc) is 3.05. The van der Waals surface area contributed by atoms with Crippen molar-refractivity contribution in [2.75, 3.05) is 0 Å². The number of rotatable bonds is 4. The first-order valence-electron chi connectivity index (χ1n) is 15.1. The Hall–Kier alpha value is -4.43. The molecule has 1 radical (unpaired) electrons. The summed E-state index contributed by atoms with van der Waals surface area (Å²) in [5, 5.41) is 5.11. The molecule has 2 heterocycles. The van der Waals surface area contributed by atoms with Crippen LogP contribution in [-0.4, -0.2) is 9.97 Å². The third-order valence-corrected chi connectivity index (χ3v) is 7.64. The van der Waals surface area contributed by atoms with Gasteiger partial charge in [-0.2, -0.15) is 0 Å². The molecule has 0 aliphatic heterocycles. The van der Waals surface area contributed by atoms with Crippen LogP contribution in [0.5, 0.6) is 0 Å². The summed E-state index contributed by atoms with van der Waals surface area (Å²) >= 11 is 0. The van der Waals surface area contributed by atoms with Crippen LogP contribution in [0.1, 0.15) is 31.9 Å². The fourth-order valence-electron chi connectivity index (χ4n) is 5.53. The molecule has 0 unspecified atom stereocenters. The van der Waals surface area contributed by atoms with E-state index in [1.54, 1.807) is 0 Å². The van der Waals surface area contributed by atoms with Gasteiger partial charge in [0, 0.05) is 32.5 Å². The Morgan fingerprint density at radius 1 is 0.622 bits per heavy atom. The van der Waals surface area contributed by atoms with Crippen LogP contribution in [0.4, 0.5) is 0 Å². The van der Waals surface area contributed by atoms with Gasteiger partial charge in [0.2, 0.25) is 0 Å². The summed E-state index contributed by atoms with van der Waals surface area (Å²) in [6, 6.07) is 48.8. The first-order chi connectivity index (χ1) is 21.3. The molecule has 2 nitrogen and oxygen atoms in total. The third-order valence-electron chi connectivity index (χ3n) is 7.64. The van der Waals surface area contributed by atoms with Crippen molar-refractivity contribution >= 4 is 21.5 Å². The molecule has 0 spiro atoms. The summed E-state index contributed by atoms with van der Waals surface area (Å²) in [7, 11) is 0. The number of nitrogens with zero attached hydrogens (tertiary/aromatic N) is 2. The van der Waals surface area contributed by atoms with Crippen molar-refractivity contribution in [2.24, 2.45) is 5.41 Å². The molecule has 2 aromatic heterocycles. The predicted octanol–water partition coefficient (Wildman–Crippen LogP) is 11.0. The number of aryl methyl sites for hydroxylation is 1. The van der Waals surface area contributed by atoms with Gasteiger partial charge in [-0.1, -0.05) is 118 Å². The van der Waals surface area contributed by atoms with Gasteiger partial charge in [0.15, 0.2) is 0 Å². The van der Waals surface area contributed by atoms with Crippen LogP contribution in [0.15, 0.2) is 134 Å². The predicted molar refractivity (Wildman–Crippen MR) is 185 cm³/mol. The van der Waals surface area contributed by atoms with Gasteiger partial charge < -0.3 is 9.97 Å². The van der Waals surface area contributed by atoms with E-state index in [9.17, 15) is 0 Å². The van der Waals surface area contributed by atoms with Crippen molar-refractivity contribution in [3.63, 3.8) is 0 Å². The van der Waals surface area contributed by atoms with Crippen molar-refractivity contribution in [1.82, 2.24) is 9.97 Å². The van der Waals surface area contributed by atoms with Gasteiger partial charge in [0.1, 0.15) is 0 Å². The molecule has 0 aliphatic rings. The van der Waals surface area contributed by atoms with E-state index in [-0.39, 0.29) is 20.1 Å². The summed E-state index contributed by atoms with van der Waals surface area (Å²) in [6.07, 6.45) is 4.85. The number of fused-ring (bicyclic) bond motifs is 3. The minimum Gasteiger partial charge on any atom is -0.305 e. The molecule has 0 amide bonds. The van der Waals surface area contributed by atoms with Crippen molar-refractivity contribution < 1.29 is 20.1 Å². The van der Waals surface area contributed by atoms with Gasteiger partial charge >= 0.3 is 0 Å². The molecule has 0 saturated heterocycles. The Balaban J connectivity index is 0.000000186. The van der Waals surface area contributed by atoms with E-state index >= 15 is 0 Å². The molecular formula is C42H36IrN2-2. The fourth-order valence-corrected chi connectivity index (χ4v) is 5.53. The zero-order valence-electron chi connectivity index (χ0n) is 26.1. The van der Waals surface area contributed by atoms with Gasteiger partial charge in [0.05, 0.1) is 0 Å². The molecule has 225 valence electrons. The van der Waals surface area contributed by atoms with Crippen LogP contribution in [-0.2, 0) is 26.5 Å². The quantitative estimate of drug-likeness (QED) is 0.132. The summed E-state index contributed by atoms with van der Waals surface area (Å²) < 4.78 is 0. The van der Waals surface area contributed by atoms with Gasteiger partial charge in [-0.3, -0.25) is 0 Å². The average molecular weight is 761 g/mol. The molecule has 0 N–H and O–H groups in total. The maximum Gasteiger partial charge on any atom is 0.0193 e. The number of hydrogen-bond donors (Lipinski definition) is 0. The first kappa shape index (κ1) is 32.0. The monoisotopic (exact) mass is 761 g/mol. The molecule has 0 bridgehead atoms. The zero-order valence-corrected chi connectivity index (χ0v) is 28.5. The fraction of sp³-hybridized carbons (Fsp3) is 0.143. The topological polar surface area (TPSA) is 25.8 Å². The van der Waals surface area contributed by atoms with Crippen molar-refractivity contribution in [3.8, 4) is 33.6 Å². The van der Waals surface area contributed by atoms with E-state index in [0.29, 0.717) is 5.41 Å². The number of pyridine rings is 2. The van der Waals surface area contributed by atoms with Gasteiger partial charge in [-0.15, -0.1) is 65.2 Å². The van der Waals surface area contributed by atoms with E-state index in [1.165, 1.54) is 43.8 Å². The number of aromatic nitrogens is 2. The second-order valence-corrected chi connectivity index (χ2v) is 12.5. The smallest absolute Gasteiger partial charge is 0.0193 e. The van der Waals surface area contributed by atoms with Crippen LogP contribution >= 0.6 is 0 Å². The number of benzene rings is 5. The second-order valence-electron chi connectivity index (χ2n) is 12.5. The van der Waals surface area contributed by atoms with Gasteiger partial charge in [0.25, 0.3) is 0 Å². The summed E-state index contributed by atoms with van der Waals surface area (Å²) in [5.74, 6) is 0. The molecule has 0 saturated carbocycles. The van der Waals surface area contributed by atoms with E-state index in [2.05, 4.69) is 147 Å². The van der Waals surface area contributed by atoms with Crippen molar-refractivity contribution in [1.29, 1.82) is 0 Å². The molecule has 0 aliphatic carbocycles. The Labute approximate surface area is 280 Å². The maximum atomic E-state index is 4.53. The first-order valence-corrected chi connectivity index (χ1v) is 15.1. The molecule has 45 heavy (non-hydrogen) atoms. The molecule has 0 fully saturated rings. The Kier molecular flexibility index (Phi) is 10.0. The van der Waals surface area contributed by atoms with Crippen LogP contribution in [0.25, 0.3) is 55.2 Å². The van der Waals surface area contributed by atoms with Crippen LogP contribution in [0.2, 0.25) is 0 Å². The number of hydrogen-bond acceptors (Lipinski definition) is 2. The van der Waals surface area contributed by atoms with Crippen LogP contribution < -0.4 is 0 Å². The van der Waals surface area contributed by atoms with Gasteiger partial charge in [-0.25, -0.2) is 0 Å². The standard InChI is InChI=1S/C25H16N.C17H20N.Ir/c1-2-8-21-20(7-1)17-24(23-10-4-3-9-22(21)23)18-12-14-19(15-13-18)25-11-5-6-16-26-25;1-13-5-8-15(9-6-13)16-10-7-14(12-18-16)11-17(2,3)4;/h1-14,16-17H;5-8,10,12H,11H2,1-4H3;/q2*-1;. The molecule has 7 aromatic rings. The summed E-state index contributed by atoms with van der Waals surface area (Å²) in [5.41, 5.74) is 9.24. The SMILES string of the molecule is Cc1c[c-]c(-c2ccc(CC(C)(C)C)cn2)cc1.[Ir].[c-]1cc(-c2cc3ccccc3c3ccccc23)ccc1-c1ccccn1. The third kappa shape index (κ3) is 7.81. The molecule has 0 atom stereocenters. The van der Waals surface area contributed by atoms with Gasteiger partial charge in [-0.05, 0) is 56.4 Å². The summed E-state index contributed by atoms with van der Waals surface area (Å²) in [6.45, 7) is 8.80. The normalized spacial score (nSPS) is 11.0. The van der Waals surface area contributed by atoms with Crippen molar-refractivity contribution in [2.45, 2.75) is 34.1 Å². The van der Waals surface area contributed by atoms with E-state index in [1.807, 2.05) is 36.7 Å². The maximum absolute atomic E-state index is 4.53. The minimum absolute atomic E-state index is 0. The molecule has 5 aromatic carbocycles.